The summed E-state index contributed by atoms with van der Waals surface area (Å²) in [5.41, 5.74) is 1.38. The highest BCUT2D eigenvalue weighted by Crippen LogP contribution is 2.30. The molecule has 154 valence electrons. The Morgan fingerprint density at radius 2 is 1.90 bits per heavy atom. The van der Waals surface area contributed by atoms with Gasteiger partial charge < -0.3 is 14.9 Å². The first kappa shape index (κ1) is 19.8. The molecule has 0 saturated carbocycles. The standard InChI is InChI=1S/C20H15F3N4O3/c21-20(22,23)13-7-5-11(6-8-13)17-26-19(30-27-17)15(10-28)25-18(29)16-14-4-2-1-3-12(14)9-24-16/h1-8,15,28H,9-10H2,(H,25,29). The summed E-state index contributed by atoms with van der Waals surface area (Å²) in [6.45, 7) is -0.128. The summed E-state index contributed by atoms with van der Waals surface area (Å²) < 4.78 is 43.2. The maximum atomic E-state index is 12.7. The Morgan fingerprint density at radius 3 is 2.60 bits per heavy atom. The Labute approximate surface area is 168 Å². The molecule has 3 aromatic rings. The molecule has 0 spiro atoms. The van der Waals surface area contributed by atoms with Crippen molar-refractivity contribution < 1.29 is 27.6 Å². The summed E-state index contributed by atoms with van der Waals surface area (Å²) in [4.78, 5) is 20.9. The maximum absolute atomic E-state index is 12.7. The molecule has 2 aromatic carbocycles. The average molecular weight is 416 g/mol. The molecule has 0 radical (unpaired) electrons. The Kier molecular flexibility index (Phi) is 5.08. The molecule has 30 heavy (non-hydrogen) atoms. The van der Waals surface area contributed by atoms with Crippen LogP contribution in [0.5, 0.6) is 0 Å². The fraction of sp³-hybridized carbons (Fsp3) is 0.200. The molecule has 7 nitrogen and oxygen atoms in total. The lowest BCUT2D eigenvalue weighted by atomic mass is 10.1. The van der Waals surface area contributed by atoms with E-state index in [1.807, 2.05) is 12.1 Å². The number of aliphatic hydroxyl groups excluding tert-OH is 1. The predicted molar refractivity (Wildman–Crippen MR) is 99.4 cm³/mol. The molecule has 10 heteroatoms. The molecule has 1 aromatic heterocycles. The summed E-state index contributed by atoms with van der Waals surface area (Å²) in [7, 11) is 0. The van der Waals surface area contributed by atoms with Crippen molar-refractivity contribution in [3.05, 3.63) is 71.1 Å². The number of rotatable bonds is 5. The highest BCUT2D eigenvalue weighted by atomic mass is 19.4. The van der Waals surface area contributed by atoms with Gasteiger partial charge in [0.1, 0.15) is 11.8 Å². The lowest BCUT2D eigenvalue weighted by Gasteiger charge is -2.12. The molecule has 2 heterocycles. The quantitative estimate of drug-likeness (QED) is 0.666. The molecule has 1 aliphatic heterocycles. The van der Waals surface area contributed by atoms with Crippen LogP contribution in [0.25, 0.3) is 11.4 Å². The zero-order valence-corrected chi connectivity index (χ0v) is 15.3. The lowest BCUT2D eigenvalue weighted by Crippen LogP contribution is -2.36. The van der Waals surface area contributed by atoms with E-state index in [1.165, 1.54) is 12.1 Å². The van der Waals surface area contributed by atoms with E-state index in [9.17, 15) is 23.1 Å². The van der Waals surface area contributed by atoms with Gasteiger partial charge in [-0.3, -0.25) is 9.79 Å². The number of aromatic nitrogens is 2. The van der Waals surface area contributed by atoms with Crippen molar-refractivity contribution in [1.29, 1.82) is 0 Å². The first-order valence-electron chi connectivity index (χ1n) is 8.92. The largest absolute Gasteiger partial charge is 0.416 e. The van der Waals surface area contributed by atoms with Crippen molar-refractivity contribution in [3.63, 3.8) is 0 Å². The molecule has 0 aliphatic carbocycles. The molecular formula is C20H15F3N4O3. The summed E-state index contributed by atoms with van der Waals surface area (Å²) >= 11 is 0. The molecule has 4 rings (SSSR count). The average Bonchev–Trinajstić information content (AvgIpc) is 3.39. The van der Waals surface area contributed by atoms with Crippen LogP contribution in [0.1, 0.15) is 28.6 Å². The number of halogens is 3. The number of carbonyl (C=O) groups is 1. The number of alkyl halides is 3. The van der Waals surface area contributed by atoms with Crippen LogP contribution >= 0.6 is 0 Å². The summed E-state index contributed by atoms with van der Waals surface area (Å²) in [6.07, 6.45) is -4.45. The topological polar surface area (TPSA) is 101 Å². The van der Waals surface area contributed by atoms with E-state index in [1.54, 1.807) is 12.1 Å². The van der Waals surface area contributed by atoms with Crippen molar-refractivity contribution >= 4 is 11.6 Å². The van der Waals surface area contributed by atoms with Crippen molar-refractivity contribution in [1.82, 2.24) is 15.5 Å². The van der Waals surface area contributed by atoms with Crippen LogP contribution in [0.4, 0.5) is 13.2 Å². The van der Waals surface area contributed by atoms with E-state index in [0.717, 1.165) is 17.7 Å². The minimum atomic E-state index is -4.45. The third kappa shape index (κ3) is 3.81. The number of aliphatic imine (C=N–C) groups is 1. The Balaban J connectivity index is 1.50. The molecule has 1 unspecified atom stereocenters. The van der Waals surface area contributed by atoms with Crippen LogP contribution in [0.3, 0.4) is 0 Å². The molecule has 0 bridgehead atoms. The van der Waals surface area contributed by atoms with Crippen molar-refractivity contribution in [2.45, 2.75) is 18.8 Å². The Bertz CT molecular complexity index is 1110. The molecule has 1 amide bonds. The number of benzene rings is 2. The van der Waals surface area contributed by atoms with Gasteiger partial charge in [-0.15, -0.1) is 0 Å². The van der Waals surface area contributed by atoms with E-state index in [4.69, 9.17) is 4.52 Å². The monoisotopic (exact) mass is 416 g/mol. The zero-order chi connectivity index (χ0) is 21.3. The van der Waals surface area contributed by atoms with Crippen LogP contribution in [0, 0.1) is 0 Å². The van der Waals surface area contributed by atoms with Crippen LogP contribution in [-0.4, -0.2) is 33.5 Å². The number of carbonyl (C=O) groups excluding carboxylic acids is 1. The van der Waals surface area contributed by atoms with Gasteiger partial charge in [0, 0.05) is 11.1 Å². The molecular weight excluding hydrogens is 401 g/mol. The van der Waals surface area contributed by atoms with Gasteiger partial charge in [0.25, 0.3) is 11.8 Å². The van der Waals surface area contributed by atoms with Crippen molar-refractivity contribution in [2.24, 2.45) is 4.99 Å². The number of aliphatic hydroxyl groups is 1. The maximum Gasteiger partial charge on any atom is 0.416 e. The van der Waals surface area contributed by atoms with Gasteiger partial charge in [0.05, 0.1) is 18.7 Å². The number of nitrogens with zero attached hydrogens (tertiary/aromatic N) is 3. The van der Waals surface area contributed by atoms with Gasteiger partial charge in [-0.2, -0.15) is 18.2 Å². The van der Waals surface area contributed by atoms with Crippen molar-refractivity contribution in [3.8, 4) is 11.4 Å². The molecule has 0 saturated heterocycles. The third-order valence-electron chi connectivity index (χ3n) is 4.59. The lowest BCUT2D eigenvalue weighted by molar-refractivity contribution is -0.137. The van der Waals surface area contributed by atoms with Gasteiger partial charge in [0.2, 0.25) is 5.82 Å². The number of amides is 1. The minimum Gasteiger partial charge on any atom is -0.394 e. The number of fused-ring (bicyclic) bond motifs is 1. The highest BCUT2D eigenvalue weighted by Gasteiger charge is 2.30. The van der Waals surface area contributed by atoms with Crippen LogP contribution in [-0.2, 0) is 17.5 Å². The van der Waals surface area contributed by atoms with Gasteiger partial charge in [-0.25, -0.2) is 0 Å². The van der Waals surface area contributed by atoms with Gasteiger partial charge in [-0.05, 0) is 17.7 Å². The SMILES string of the molecule is O=C(NC(CO)c1nc(-c2ccc(C(F)(F)F)cc2)no1)C1=NCc2ccccc21. The zero-order valence-electron chi connectivity index (χ0n) is 15.3. The van der Waals surface area contributed by atoms with E-state index >= 15 is 0 Å². The second-order valence-electron chi connectivity index (χ2n) is 6.56. The summed E-state index contributed by atoms with van der Waals surface area (Å²) in [5.74, 6) is -0.545. The fourth-order valence-electron chi connectivity index (χ4n) is 3.05. The van der Waals surface area contributed by atoms with E-state index < -0.39 is 30.3 Å². The summed E-state index contributed by atoms with van der Waals surface area (Å²) in [5, 5.41) is 16.0. The molecule has 1 aliphatic rings. The first-order valence-corrected chi connectivity index (χ1v) is 8.92. The second-order valence-corrected chi connectivity index (χ2v) is 6.56. The van der Waals surface area contributed by atoms with Gasteiger partial charge in [0.15, 0.2) is 0 Å². The molecule has 1 atom stereocenters. The molecule has 0 fully saturated rings. The van der Waals surface area contributed by atoms with Crippen LogP contribution in [0.2, 0.25) is 0 Å². The second kappa shape index (κ2) is 7.71. The van der Waals surface area contributed by atoms with Crippen LogP contribution < -0.4 is 5.32 Å². The van der Waals surface area contributed by atoms with E-state index in [2.05, 4.69) is 20.4 Å². The predicted octanol–water partition coefficient (Wildman–Crippen LogP) is 2.91. The number of nitrogens with one attached hydrogen (secondary N) is 1. The minimum absolute atomic E-state index is 0.0370. The summed E-state index contributed by atoms with van der Waals surface area (Å²) in [6, 6.07) is 10.6. The highest BCUT2D eigenvalue weighted by molar-refractivity contribution is 6.46. The van der Waals surface area contributed by atoms with E-state index in [0.29, 0.717) is 17.7 Å². The Morgan fingerprint density at radius 1 is 1.17 bits per heavy atom. The fourth-order valence-corrected chi connectivity index (χ4v) is 3.05. The molecule has 2 N–H and O–H groups in total. The third-order valence-corrected chi connectivity index (χ3v) is 4.59. The first-order chi connectivity index (χ1) is 14.4. The normalized spacial score (nSPS) is 14.2. The van der Waals surface area contributed by atoms with Gasteiger partial charge in [-0.1, -0.05) is 41.6 Å². The van der Waals surface area contributed by atoms with Crippen molar-refractivity contribution in [2.75, 3.05) is 6.61 Å². The smallest absolute Gasteiger partial charge is 0.394 e. The number of hydrogen-bond acceptors (Lipinski definition) is 6. The Hall–Kier alpha value is -3.53. The van der Waals surface area contributed by atoms with E-state index in [-0.39, 0.29) is 17.4 Å². The number of hydrogen-bond donors (Lipinski definition) is 2. The van der Waals surface area contributed by atoms with Crippen LogP contribution in [0.15, 0.2) is 58.0 Å². The van der Waals surface area contributed by atoms with Gasteiger partial charge >= 0.3 is 6.18 Å².